The van der Waals surface area contributed by atoms with Crippen molar-refractivity contribution in [3.05, 3.63) is 42.1 Å². The number of amides is 2. The molecule has 2 saturated heterocycles. The summed E-state index contributed by atoms with van der Waals surface area (Å²) in [6, 6.07) is 11.2. The number of nitrogens with one attached hydrogen (secondary N) is 2. The summed E-state index contributed by atoms with van der Waals surface area (Å²) < 4.78 is 0. The largest absolute Gasteiger partial charge is 0.352 e. The lowest BCUT2D eigenvalue weighted by Crippen LogP contribution is -2.56. The van der Waals surface area contributed by atoms with Gasteiger partial charge in [0.1, 0.15) is 12.2 Å². The third-order valence-electron chi connectivity index (χ3n) is 5.71. The van der Waals surface area contributed by atoms with Crippen molar-refractivity contribution in [2.24, 2.45) is 0 Å². The number of carbonyl (C=O) groups is 2. The van der Waals surface area contributed by atoms with E-state index in [-0.39, 0.29) is 30.3 Å². The van der Waals surface area contributed by atoms with Crippen LogP contribution >= 0.6 is 0 Å². The van der Waals surface area contributed by atoms with Gasteiger partial charge in [0.2, 0.25) is 11.9 Å². The first-order valence-corrected chi connectivity index (χ1v) is 10.5. The van der Waals surface area contributed by atoms with Gasteiger partial charge in [0, 0.05) is 49.2 Å². The molecule has 31 heavy (non-hydrogen) atoms. The fourth-order valence-corrected chi connectivity index (χ4v) is 4.34. The second kappa shape index (κ2) is 9.00. The number of fused-ring (bicyclic) bond motifs is 2. The van der Waals surface area contributed by atoms with Crippen molar-refractivity contribution in [2.45, 2.75) is 38.3 Å². The third-order valence-corrected chi connectivity index (χ3v) is 5.71. The maximum Gasteiger partial charge on any atom is 0.251 e. The predicted octanol–water partition coefficient (Wildman–Crippen LogP) is 2.06. The maximum absolute atomic E-state index is 12.3. The van der Waals surface area contributed by atoms with Crippen molar-refractivity contribution in [1.29, 1.82) is 5.26 Å². The van der Waals surface area contributed by atoms with Crippen LogP contribution in [0.5, 0.6) is 0 Å². The molecule has 0 aliphatic carbocycles. The van der Waals surface area contributed by atoms with E-state index in [2.05, 4.69) is 25.5 Å². The molecule has 2 atom stereocenters. The Morgan fingerprint density at radius 2 is 1.87 bits per heavy atom. The quantitative estimate of drug-likeness (QED) is 0.737. The lowest BCUT2D eigenvalue weighted by atomic mass is 10.1. The van der Waals surface area contributed by atoms with Gasteiger partial charge < -0.3 is 20.4 Å². The van der Waals surface area contributed by atoms with Gasteiger partial charge >= 0.3 is 0 Å². The third kappa shape index (κ3) is 4.43. The highest BCUT2D eigenvalue weighted by molar-refractivity contribution is 5.94. The highest BCUT2D eigenvalue weighted by atomic mass is 16.2. The van der Waals surface area contributed by atoms with Crippen molar-refractivity contribution >= 4 is 29.3 Å². The Morgan fingerprint density at radius 3 is 2.52 bits per heavy atom. The van der Waals surface area contributed by atoms with Crippen LogP contribution in [-0.2, 0) is 4.79 Å². The van der Waals surface area contributed by atoms with Crippen LogP contribution in [-0.4, -0.2) is 58.4 Å². The molecule has 0 saturated carbocycles. The van der Waals surface area contributed by atoms with Crippen LogP contribution in [0.1, 0.15) is 36.5 Å². The molecule has 2 amide bonds. The highest BCUT2D eigenvalue weighted by Crippen LogP contribution is 2.32. The van der Waals surface area contributed by atoms with Crippen LogP contribution in [0.25, 0.3) is 0 Å². The van der Waals surface area contributed by atoms with Crippen molar-refractivity contribution in [1.82, 2.24) is 20.2 Å². The van der Waals surface area contributed by atoms with Gasteiger partial charge in [-0.1, -0.05) is 0 Å². The van der Waals surface area contributed by atoms with E-state index in [0.717, 1.165) is 24.3 Å². The summed E-state index contributed by atoms with van der Waals surface area (Å²) in [5, 5.41) is 14.8. The van der Waals surface area contributed by atoms with E-state index in [1.165, 1.54) is 0 Å². The molecule has 160 valence electrons. The second-order valence-corrected chi connectivity index (χ2v) is 7.73. The van der Waals surface area contributed by atoms with Crippen LogP contribution in [0.2, 0.25) is 0 Å². The number of piperazine rings is 1. The van der Waals surface area contributed by atoms with E-state index in [0.29, 0.717) is 31.1 Å². The Kier molecular flexibility index (Phi) is 5.98. The van der Waals surface area contributed by atoms with Gasteiger partial charge in [-0.3, -0.25) is 9.59 Å². The lowest BCUT2D eigenvalue weighted by molar-refractivity contribution is -0.133. The van der Waals surface area contributed by atoms with E-state index in [4.69, 9.17) is 5.26 Å². The number of benzene rings is 1. The second-order valence-electron chi connectivity index (χ2n) is 7.73. The van der Waals surface area contributed by atoms with E-state index < -0.39 is 0 Å². The lowest BCUT2D eigenvalue weighted by Gasteiger charge is -2.41. The summed E-state index contributed by atoms with van der Waals surface area (Å²) >= 11 is 0. The zero-order valence-corrected chi connectivity index (χ0v) is 17.4. The highest BCUT2D eigenvalue weighted by Gasteiger charge is 2.42. The molecule has 2 fully saturated rings. The predicted molar refractivity (Wildman–Crippen MR) is 116 cm³/mol. The van der Waals surface area contributed by atoms with Crippen molar-refractivity contribution in [2.75, 3.05) is 29.9 Å². The number of hydrogen-bond donors (Lipinski definition) is 2. The minimum absolute atomic E-state index is 0.0620. The molecule has 1 aromatic heterocycles. The van der Waals surface area contributed by atoms with Gasteiger partial charge in [-0.05, 0) is 50.1 Å². The van der Waals surface area contributed by atoms with Gasteiger partial charge in [0.15, 0.2) is 0 Å². The normalized spacial score (nSPS) is 19.6. The Morgan fingerprint density at radius 1 is 1.16 bits per heavy atom. The molecule has 1 aromatic carbocycles. The fourth-order valence-electron chi connectivity index (χ4n) is 4.34. The van der Waals surface area contributed by atoms with E-state index in [1.807, 2.05) is 36.1 Å². The molecule has 2 aromatic rings. The molecule has 0 radical (unpaired) electrons. The van der Waals surface area contributed by atoms with Crippen molar-refractivity contribution in [3.63, 3.8) is 0 Å². The molecule has 2 bridgehead atoms. The molecule has 1 unspecified atom stereocenters. The molecular formula is C22H25N7O2. The minimum Gasteiger partial charge on any atom is -0.352 e. The van der Waals surface area contributed by atoms with E-state index >= 15 is 0 Å². The SMILES string of the molecule is CCNC(=O)c1ccc(Nc2nccc(N3CC4CC[C@H](C3)N4C(=O)CC#N)n2)cc1. The van der Waals surface area contributed by atoms with Gasteiger partial charge in [0.05, 0.1) is 6.07 Å². The van der Waals surface area contributed by atoms with Crippen LogP contribution in [0.4, 0.5) is 17.5 Å². The summed E-state index contributed by atoms with van der Waals surface area (Å²) in [7, 11) is 0. The van der Waals surface area contributed by atoms with E-state index in [1.54, 1.807) is 18.3 Å². The molecule has 0 spiro atoms. The molecular weight excluding hydrogens is 394 g/mol. The number of aromatic nitrogens is 2. The average Bonchev–Trinajstić information content (AvgIpc) is 3.04. The number of nitriles is 1. The summed E-state index contributed by atoms with van der Waals surface area (Å²) in [6.07, 6.45) is 3.55. The van der Waals surface area contributed by atoms with Crippen LogP contribution in [0, 0.1) is 11.3 Å². The van der Waals surface area contributed by atoms with E-state index in [9.17, 15) is 9.59 Å². The van der Waals surface area contributed by atoms with Gasteiger partial charge in [-0.15, -0.1) is 0 Å². The molecule has 2 N–H and O–H groups in total. The minimum atomic E-state index is -0.102. The molecule has 4 rings (SSSR count). The summed E-state index contributed by atoms with van der Waals surface area (Å²) in [4.78, 5) is 37.2. The topological polar surface area (TPSA) is 114 Å². The summed E-state index contributed by atoms with van der Waals surface area (Å²) in [5.41, 5.74) is 1.39. The Hall–Kier alpha value is -3.67. The molecule has 3 heterocycles. The maximum atomic E-state index is 12.3. The number of anilines is 3. The monoisotopic (exact) mass is 419 g/mol. The molecule has 9 heteroatoms. The van der Waals surface area contributed by atoms with Crippen molar-refractivity contribution in [3.8, 4) is 6.07 Å². The fraction of sp³-hybridized carbons (Fsp3) is 0.409. The van der Waals surface area contributed by atoms with Crippen LogP contribution in [0.15, 0.2) is 36.5 Å². The zero-order chi connectivity index (χ0) is 21.8. The first kappa shape index (κ1) is 20.6. The average molecular weight is 419 g/mol. The Bertz CT molecular complexity index is 988. The first-order chi connectivity index (χ1) is 15.1. The number of nitrogens with zero attached hydrogens (tertiary/aromatic N) is 5. The first-order valence-electron chi connectivity index (χ1n) is 10.5. The number of carbonyl (C=O) groups excluding carboxylic acids is 2. The molecule has 2 aliphatic rings. The zero-order valence-electron chi connectivity index (χ0n) is 17.4. The number of rotatable bonds is 6. The molecule has 2 aliphatic heterocycles. The smallest absolute Gasteiger partial charge is 0.251 e. The van der Waals surface area contributed by atoms with Crippen LogP contribution in [0.3, 0.4) is 0 Å². The van der Waals surface area contributed by atoms with Crippen molar-refractivity contribution < 1.29 is 9.59 Å². The Balaban J connectivity index is 1.43. The van der Waals surface area contributed by atoms with Crippen LogP contribution < -0.4 is 15.5 Å². The number of hydrogen-bond acceptors (Lipinski definition) is 7. The Labute approximate surface area is 181 Å². The van der Waals surface area contributed by atoms with Gasteiger partial charge in [0.25, 0.3) is 5.91 Å². The summed E-state index contributed by atoms with van der Waals surface area (Å²) in [5.74, 6) is 1.10. The van der Waals surface area contributed by atoms with Gasteiger partial charge in [-0.2, -0.15) is 10.2 Å². The summed E-state index contributed by atoms with van der Waals surface area (Å²) in [6.45, 7) is 3.87. The standard InChI is InChI=1S/C22H25N7O2/c1-2-24-21(31)15-3-5-16(6-4-15)26-22-25-12-10-19(27-22)28-13-17-7-8-18(14-28)29(17)20(30)9-11-23/h3-6,10,12,17-18H,2,7-9,13-14H2,1H3,(H,24,31)(H,25,26,27)/t17-,18?/m1/s1. The van der Waals surface area contributed by atoms with Gasteiger partial charge in [-0.25, -0.2) is 4.98 Å². The molecule has 9 nitrogen and oxygen atoms in total.